The van der Waals surface area contributed by atoms with Crippen LogP contribution in [0, 0.1) is 0 Å². The molecule has 0 unspecified atom stereocenters. The standard InChI is InChI=1S/C22H34BNO5/c1-15-18(24(13-14-26-15)19(25)27-20(2,3)4)16-9-11-17(12-10-16)23-28-21(5,6)22(7,8)29-23/h9-12,15,18H,13-14H2,1-8H3/t15-,18+/m0/s1. The number of nitrogens with zero attached hydrogens (tertiary/aromatic N) is 1. The molecule has 0 bridgehead atoms. The van der Waals surface area contributed by atoms with Crippen LogP contribution >= 0.6 is 0 Å². The van der Waals surface area contributed by atoms with Gasteiger partial charge in [-0.2, -0.15) is 0 Å². The first-order chi connectivity index (χ1) is 13.3. The first kappa shape index (κ1) is 22.1. The van der Waals surface area contributed by atoms with Crippen LogP contribution in [0.25, 0.3) is 0 Å². The fourth-order valence-electron chi connectivity index (χ4n) is 3.63. The van der Waals surface area contributed by atoms with E-state index < -0.39 is 12.7 Å². The molecule has 1 aromatic carbocycles. The third-order valence-electron chi connectivity index (χ3n) is 5.92. The normalized spacial score (nSPS) is 26.5. The Hall–Kier alpha value is -1.57. The zero-order valence-electron chi connectivity index (χ0n) is 18.9. The zero-order valence-corrected chi connectivity index (χ0v) is 18.9. The van der Waals surface area contributed by atoms with Gasteiger partial charge in [0, 0.05) is 6.54 Å². The van der Waals surface area contributed by atoms with Crippen LogP contribution in [0.1, 0.15) is 67.0 Å². The topological polar surface area (TPSA) is 57.2 Å². The maximum Gasteiger partial charge on any atom is 0.494 e. The monoisotopic (exact) mass is 403 g/mol. The highest BCUT2D eigenvalue weighted by molar-refractivity contribution is 6.62. The number of ether oxygens (including phenoxy) is 2. The van der Waals surface area contributed by atoms with E-state index in [0.29, 0.717) is 13.2 Å². The summed E-state index contributed by atoms with van der Waals surface area (Å²) in [4.78, 5) is 14.5. The van der Waals surface area contributed by atoms with Crippen molar-refractivity contribution in [1.29, 1.82) is 0 Å². The minimum atomic E-state index is -0.538. The van der Waals surface area contributed by atoms with E-state index in [1.54, 1.807) is 4.90 Å². The maximum atomic E-state index is 12.8. The van der Waals surface area contributed by atoms with Crippen molar-refractivity contribution >= 4 is 18.7 Å². The molecule has 0 aliphatic carbocycles. The number of morpholine rings is 1. The van der Waals surface area contributed by atoms with Gasteiger partial charge in [0.25, 0.3) is 0 Å². The van der Waals surface area contributed by atoms with Gasteiger partial charge in [-0.3, -0.25) is 4.90 Å². The van der Waals surface area contributed by atoms with Crippen LogP contribution in [0.3, 0.4) is 0 Å². The molecular weight excluding hydrogens is 369 g/mol. The fourth-order valence-corrected chi connectivity index (χ4v) is 3.63. The molecular formula is C22H34BNO5. The smallest absolute Gasteiger partial charge is 0.444 e. The molecule has 3 rings (SSSR count). The molecule has 2 atom stereocenters. The van der Waals surface area contributed by atoms with Gasteiger partial charge in [-0.05, 0) is 66.4 Å². The predicted molar refractivity (Wildman–Crippen MR) is 113 cm³/mol. The molecule has 0 saturated carbocycles. The maximum absolute atomic E-state index is 12.8. The molecule has 29 heavy (non-hydrogen) atoms. The lowest BCUT2D eigenvalue weighted by Crippen LogP contribution is -2.49. The van der Waals surface area contributed by atoms with E-state index in [0.717, 1.165) is 11.0 Å². The van der Waals surface area contributed by atoms with Crippen LogP contribution < -0.4 is 5.46 Å². The van der Waals surface area contributed by atoms with Crippen LogP contribution in [0.2, 0.25) is 0 Å². The highest BCUT2D eigenvalue weighted by Gasteiger charge is 2.51. The first-order valence-corrected chi connectivity index (χ1v) is 10.4. The average Bonchev–Trinajstić information content (AvgIpc) is 2.81. The van der Waals surface area contributed by atoms with Gasteiger partial charge in [0.15, 0.2) is 0 Å². The molecule has 6 nitrogen and oxygen atoms in total. The Balaban J connectivity index is 1.80. The average molecular weight is 403 g/mol. The number of amides is 1. The Morgan fingerprint density at radius 3 is 2.17 bits per heavy atom. The Morgan fingerprint density at radius 2 is 1.66 bits per heavy atom. The van der Waals surface area contributed by atoms with E-state index in [1.807, 2.05) is 79.7 Å². The van der Waals surface area contributed by atoms with E-state index in [9.17, 15) is 4.79 Å². The molecule has 2 fully saturated rings. The van der Waals surface area contributed by atoms with E-state index in [-0.39, 0.29) is 29.4 Å². The predicted octanol–water partition coefficient (Wildman–Crippen LogP) is 3.68. The molecule has 0 aromatic heterocycles. The van der Waals surface area contributed by atoms with Crippen molar-refractivity contribution in [2.75, 3.05) is 13.2 Å². The highest BCUT2D eigenvalue weighted by atomic mass is 16.7. The second-order valence-corrected chi connectivity index (χ2v) is 9.95. The summed E-state index contributed by atoms with van der Waals surface area (Å²) in [5, 5.41) is 0. The largest absolute Gasteiger partial charge is 0.494 e. The molecule has 0 N–H and O–H groups in total. The molecule has 2 heterocycles. The van der Waals surface area contributed by atoms with E-state index in [2.05, 4.69) is 0 Å². The number of hydrogen-bond donors (Lipinski definition) is 0. The van der Waals surface area contributed by atoms with Crippen LogP contribution in [-0.4, -0.2) is 54.2 Å². The second-order valence-electron chi connectivity index (χ2n) is 9.95. The molecule has 2 saturated heterocycles. The van der Waals surface area contributed by atoms with Crippen molar-refractivity contribution in [3.8, 4) is 0 Å². The summed E-state index contributed by atoms with van der Waals surface area (Å²) in [6.07, 6.45) is -0.438. The Bertz CT molecular complexity index is 725. The minimum Gasteiger partial charge on any atom is -0.444 e. The van der Waals surface area contributed by atoms with Crippen molar-refractivity contribution in [2.45, 2.75) is 84.3 Å². The third-order valence-corrected chi connectivity index (χ3v) is 5.92. The summed E-state index contributed by atoms with van der Waals surface area (Å²) in [6, 6.07) is 7.85. The lowest BCUT2D eigenvalue weighted by molar-refractivity contribution is -0.0698. The summed E-state index contributed by atoms with van der Waals surface area (Å²) in [6.45, 7) is 16.8. The Kier molecular flexibility index (Phi) is 5.80. The Labute approximate surface area is 175 Å². The van der Waals surface area contributed by atoms with Gasteiger partial charge in [-0.15, -0.1) is 0 Å². The van der Waals surface area contributed by atoms with Crippen molar-refractivity contribution < 1.29 is 23.6 Å². The molecule has 7 heteroatoms. The van der Waals surface area contributed by atoms with Crippen molar-refractivity contribution in [1.82, 2.24) is 4.90 Å². The van der Waals surface area contributed by atoms with Crippen molar-refractivity contribution in [3.63, 3.8) is 0 Å². The van der Waals surface area contributed by atoms with Gasteiger partial charge in [0.2, 0.25) is 0 Å². The summed E-state index contributed by atoms with van der Waals surface area (Å²) in [7, 11) is -0.406. The SMILES string of the molecule is C[C@@H]1OCCN(C(=O)OC(C)(C)C)[C@H]1c1ccc(B2OC(C)(C)C(C)(C)O2)cc1. The molecule has 160 valence electrons. The second kappa shape index (κ2) is 7.60. The summed E-state index contributed by atoms with van der Waals surface area (Å²) >= 11 is 0. The molecule has 1 amide bonds. The van der Waals surface area contributed by atoms with Gasteiger partial charge in [0.1, 0.15) is 5.60 Å². The van der Waals surface area contributed by atoms with Gasteiger partial charge in [0.05, 0.1) is 30.0 Å². The lowest BCUT2D eigenvalue weighted by Gasteiger charge is -2.40. The van der Waals surface area contributed by atoms with Crippen molar-refractivity contribution in [3.05, 3.63) is 29.8 Å². The molecule has 0 spiro atoms. The van der Waals surface area contributed by atoms with E-state index >= 15 is 0 Å². The summed E-state index contributed by atoms with van der Waals surface area (Å²) in [5.74, 6) is 0. The van der Waals surface area contributed by atoms with Gasteiger partial charge in [-0.25, -0.2) is 4.79 Å². The number of hydrogen-bond acceptors (Lipinski definition) is 5. The molecule has 2 aliphatic heterocycles. The quantitative estimate of drug-likeness (QED) is 0.706. The molecule has 1 aromatic rings. The van der Waals surface area contributed by atoms with Gasteiger partial charge < -0.3 is 18.8 Å². The molecule has 2 aliphatic rings. The number of rotatable bonds is 2. The van der Waals surface area contributed by atoms with Gasteiger partial charge in [-0.1, -0.05) is 24.3 Å². The lowest BCUT2D eigenvalue weighted by atomic mass is 9.78. The van der Waals surface area contributed by atoms with Gasteiger partial charge >= 0.3 is 13.2 Å². The molecule has 0 radical (unpaired) electrons. The number of carbonyl (C=O) groups excluding carboxylic acids is 1. The number of benzene rings is 1. The summed E-state index contributed by atoms with van der Waals surface area (Å²) in [5.41, 5.74) is 0.665. The van der Waals surface area contributed by atoms with Crippen LogP contribution in [-0.2, 0) is 18.8 Å². The number of carbonyl (C=O) groups is 1. The van der Waals surface area contributed by atoms with Crippen LogP contribution in [0.4, 0.5) is 4.79 Å². The summed E-state index contributed by atoms with van der Waals surface area (Å²) < 4.78 is 23.7. The third kappa shape index (κ3) is 4.62. The Morgan fingerprint density at radius 1 is 1.10 bits per heavy atom. The van der Waals surface area contributed by atoms with Crippen LogP contribution in [0.15, 0.2) is 24.3 Å². The van der Waals surface area contributed by atoms with E-state index in [4.69, 9.17) is 18.8 Å². The van der Waals surface area contributed by atoms with Crippen molar-refractivity contribution in [2.24, 2.45) is 0 Å². The van der Waals surface area contributed by atoms with Crippen LogP contribution in [0.5, 0.6) is 0 Å². The minimum absolute atomic E-state index is 0.126. The zero-order chi connectivity index (χ0) is 21.6. The van der Waals surface area contributed by atoms with E-state index in [1.165, 1.54) is 0 Å². The highest BCUT2D eigenvalue weighted by Crippen LogP contribution is 2.37. The first-order valence-electron chi connectivity index (χ1n) is 10.4. The fraction of sp³-hybridized carbons (Fsp3) is 0.682.